The molecule has 0 spiro atoms. The van der Waals surface area contributed by atoms with Crippen LogP contribution in [0.1, 0.15) is 12.1 Å². The first-order chi connectivity index (χ1) is 12.1. The van der Waals surface area contributed by atoms with Crippen LogP contribution in [0.3, 0.4) is 0 Å². The van der Waals surface area contributed by atoms with Crippen molar-refractivity contribution in [2.75, 3.05) is 18.0 Å². The SMILES string of the molecule is O=C(O)[C@@H]1CN(c2cc(C(F)F)nc3ccc(Cl)cc23)C[C@H]1C(F)(F)F. The van der Waals surface area contributed by atoms with Crippen LogP contribution in [-0.4, -0.2) is 35.3 Å². The monoisotopic (exact) mass is 394 g/mol. The van der Waals surface area contributed by atoms with E-state index >= 15 is 0 Å². The molecule has 2 heterocycles. The average molecular weight is 395 g/mol. The van der Waals surface area contributed by atoms with Crippen LogP contribution in [0, 0.1) is 11.8 Å². The fourth-order valence-electron chi connectivity index (χ4n) is 3.16. The molecule has 1 aromatic heterocycles. The largest absolute Gasteiger partial charge is 0.481 e. The van der Waals surface area contributed by atoms with Gasteiger partial charge in [-0.25, -0.2) is 13.8 Å². The van der Waals surface area contributed by atoms with Crippen molar-refractivity contribution < 1.29 is 31.9 Å². The molecule has 4 nitrogen and oxygen atoms in total. The minimum Gasteiger partial charge on any atom is -0.481 e. The number of anilines is 1. The van der Waals surface area contributed by atoms with E-state index in [4.69, 9.17) is 16.7 Å². The van der Waals surface area contributed by atoms with Crippen molar-refractivity contribution in [3.05, 3.63) is 35.0 Å². The molecule has 0 unspecified atom stereocenters. The van der Waals surface area contributed by atoms with Crippen molar-refractivity contribution >= 4 is 34.2 Å². The van der Waals surface area contributed by atoms with Crippen molar-refractivity contribution in [1.82, 2.24) is 4.98 Å². The normalized spacial score (nSPS) is 21.0. The molecule has 0 saturated carbocycles. The molecule has 1 fully saturated rings. The van der Waals surface area contributed by atoms with Gasteiger partial charge >= 0.3 is 12.1 Å². The van der Waals surface area contributed by atoms with Crippen LogP contribution in [0.2, 0.25) is 5.02 Å². The van der Waals surface area contributed by atoms with Crippen LogP contribution < -0.4 is 4.90 Å². The topological polar surface area (TPSA) is 53.4 Å². The van der Waals surface area contributed by atoms with Gasteiger partial charge in [-0.1, -0.05) is 11.6 Å². The molecule has 1 aliphatic rings. The highest BCUT2D eigenvalue weighted by Crippen LogP contribution is 2.42. The molecule has 2 aromatic rings. The summed E-state index contributed by atoms with van der Waals surface area (Å²) in [7, 11) is 0. The molecule has 1 aliphatic heterocycles. The van der Waals surface area contributed by atoms with Crippen molar-refractivity contribution in [3.63, 3.8) is 0 Å². The Bertz CT molecular complexity index is 858. The Hall–Kier alpha value is -2.16. The van der Waals surface area contributed by atoms with E-state index in [0.717, 1.165) is 11.0 Å². The highest BCUT2D eigenvalue weighted by atomic mass is 35.5. The first-order valence-corrected chi connectivity index (χ1v) is 7.88. The summed E-state index contributed by atoms with van der Waals surface area (Å²) in [6, 6.07) is 5.21. The molecular formula is C16H12ClF5N2O2. The van der Waals surface area contributed by atoms with Gasteiger partial charge in [-0.05, 0) is 24.3 Å². The van der Waals surface area contributed by atoms with E-state index in [2.05, 4.69) is 4.98 Å². The molecule has 0 aliphatic carbocycles. The minimum absolute atomic E-state index is 0.0609. The van der Waals surface area contributed by atoms with Crippen molar-refractivity contribution in [3.8, 4) is 0 Å². The number of aromatic nitrogens is 1. The van der Waals surface area contributed by atoms with Gasteiger partial charge in [0, 0.05) is 29.2 Å². The summed E-state index contributed by atoms with van der Waals surface area (Å²) in [6.45, 7) is -1.09. The predicted octanol–water partition coefficient (Wildman–Crippen LogP) is 4.53. The molecular weight excluding hydrogens is 383 g/mol. The predicted molar refractivity (Wildman–Crippen MR) is 84.6 cm³/mol. The lowest BCUT2D eigenvalue weighted by Crippen LogP contribution is -2.33. The van der Waals surface area contributed by atoms with Gasteiger partial charge in [0.05, 0.1) is 17.4 Å². The van der Waals surface area contributed by atoms with Gasteiger partial charge in [0.15, 0.2) is 0 Å². The zero-order chi connectivity index (χ0) is 19.2. The van der Waals surface area contributed by atoms with Gasteiger partial charge in [0.2, 0.25) is 0 Å². The second-order valence-electron chi connectivity index (χ2n) is 6.03. The maximum Gasteiger partial charge on any atom is 0.394 e. The number of hydrogen-bond acceptors (Lipinski definition) is 3. The molecule has 0 bridgehead atoms. The Kier molecular flexibility index (Phi) is 4.68. The Morgan fingerprint density at radius 1 is 1.27 bits per heavy atom. The van der Waals surface area contributed by atoms with Crippen molar-refractivity contribution in [2.24, 2.45) is 11.8 Å². The molecule has 3 rings (SSSR count). The molecule has 140 valence electrons. The Balaban J connectivity index is 2.12. The van der Waals surface area contributed by atoms with Gasteiger partial charge in [-0.15, -0.1) is 0 Å². The fourth-order valence-corrected chi connectivity index (χ4v) is 3.33. The molecule has 0 amide bonds. The van der Waals surface area contributed by atoms with E-state index in [1.54, 1.807) is 0 Å². The lowest BCUT2D eigenvalue weighted by Gasteiger charge is -2.22. The van der Waals surface area contributed by atoms with E-state index in [1.165, 1.54) is 18.2 Å². The zero-order valence-corrected chi connectivity index (χ0v) is 13.7. The number of carboxylic acids is 1. The van der Waals surface area contributed by atoms with E-state index in [-0.39, 0.29) is 21.6 Å². The Labute approximate surface area is 149 Å². The number of nitrogens with zero attached hydrogens (tertiary/aromatic N) is 2. The summed E-state index contributed by atoms with van der Waals surface area (Å²) in [5.41, 5.74) is -0.396. The van der Waals surface area contributed by atoms with Crippen LogP contribution in [0.25, 0.3) is 10.9 Å². The number of carbonyl (C=O) groups is 1. The smallest absolute Gasteiger partial charge is 0.394 e. The summed E-state index contributed by atoms with van der Waals surface area (Å²) >= 11 is 5.91. The summed E-state index contributed by atoms with van der Waals surface area (Å²) in [4.78, 5) is 16.2. The molecule has 10 heteroatoms. The number of fused-ring (bicyclic) bond motifs is 1. The molecule has 1 N–H and O–H groups in total. The standard InChI is InChI=1S/C16H12ClF5N2O2/c17-7-1-2-11-8(3-7)13(4-12(23-11)14(18)19)24-5-9(15(25)26)10(6-24)16(20,21)22/h1-4,9-10,14H,5-6H2,(H,25,26)/t9-,10-/m1/s1. The van der Waals surface area contributed by atoms with Crippen molar-refractivity contribution in [2.45, 2.75) is 12.6 Å². The number of carboxylic acid groups (broad SMARTS) is 1. The summed E-state index contributed by atoms with van der Waals surface area (Å²) in [6.07, 6.45) is -7.64. The van der Waals surface area contributed by atoms with Gasteiger partial charge in [0.1, 0.15) is 5.69 Å². The lowest BCUT2D eigenvalue weighted by atomic mass is 9.96. The molecule has 1 saturated heterocycles. The number of alkyl halides is 5. The number of hydrogen-bond donors (Lipinski definition) is 1. The number of rotatable bonds is 3. The third kappa shape index (κ3) is 3.40. The average Bonchev–Trinajstić information content (AvgIpc) is 2.99. The first-order valence-electron chi connectivity index (χ1n) is 7.50. The highest BCUT2D eigenvalue weighted by molar-refractivity contribution is 6.31. The second kappa shape index (κ2) is 6.53. The zero-order valence-electron chi connectivity index (χ0n) is 13.0. The van der Waals surface area contributed by atoms with Crippen LogP contribution in [-0.2, 0) is 4.79 Å². The quantitative estimate of drug-likeness (QED) is 0.777. The van der Waals surface area contributed by atoms with Crippen molar-refractivity contribution in [1.29, 1.82) is 0 Å². The molecule has 26 heavy (non-hydrogen) atoms. The highest BCUT2D eigenvalue weighted by Gasteiger charge is 2.52. The van der Waals surface area contributed by atoms with E-state index < -0.39 is 49.2 Å². The minimum atomic E-state index is -4.72. The summed E-state index contributed by atoms with van der Waals surface area (Å²) in [5.74, 6) is -5.37. The third-order valence-corrected chi connectivity index (χ3v) is 4.63. The van der Waals surface area contributed by atoms with Gasteiger partial charge < -0.3 is 10.0 Å². The molecule has 1 aromatic carbocycles. The number of halogens is 6. The third-order valence-electron chi connectivity index (χ3n) is 4.39. The summed E-state index contributed by atoms with van der Waals surface area (Å²) in [5, 5.41) is 9.67. The molecule has 0 radical (unpaired) electrons. The fraction of sp³-hybridized carbons (Fsp3) is 0.375. The number of aliphatic carboxylic acids is 1. The van der Waals surface area contributed by atoms with E-state index in [9.17, 15) is 26.7 Å². The first kappa shape index (κ1) is 18.6. The maximum absolute atomic E-state index is 13.2. The summed E-state index contributed by atoms with van der Waals surface area (Å²) < 4.78 is 65.9. The lowest BCUT2D eigenvalue weighted by molar-refractivity contribution is -0.187. The van der Waals surface area contributed by atoms with Crippen LogP contribution in [0.15, 0.2) is 24.3 Å². The Morgan fingerprint density at radius 3 is 2.50 bits per heavy atom. The molecule has 2 atom stereocenters. The maximum atomic E-state index is 13.2. The van der Waals surface area contributed by atoms with E-state index in [1.807, 2.05) is 0 Å². The number of benzene rings is 1. The Morgan fingerprint density at radius 2 is 1.96 bits per heavy atom. The van der Waals surface area contributed by atoms with Crippen LogP contribution in [0.4, 0.5) is 27.6 Å². The van der Waals surface area contributed by atoms with Crippen LogP contribution in [0.5, 0.6) is 0 Å². The van der Waals surface area contributed by atoms with Gasteiger partial charge in [-0.2, -0.15) is 13.2 Å². The van der Waals surface area contributed by atoms with Crippen LogP contribution >= 0.6 is 11.6 Å². The van der Waals surface area contributed by atoms with E-state index in [0.29, 0.717) is 0 Å². The van der Waals surface area contributed by atoms with Gasteiger partial charge in [-0.3, -0.25) is 4.79 Å². The number of pyridine rings is 1. The second-order valence-corrected chi connectivity index (χ2v) is 6.46. The van der Waals surface area contributed by atoms with Gasteiger partial charge in [0.25, 0.3) is 6.43 Å².